The molecule has 0 radical (unpaired) electrons. The van der Waals surface area contributed by atoms with Gasteiger partial charge in [0.2, 0.25) is 0 Å². The SMILES string of the molecule is CC1(C)[C@H](NC(=O)N[C@@H]2CCN(CC3CC3)C2)[C@@H]2CCO[C@@H]21. The van der Waals surface area contributed by atoms with Crippen LogP contribution in [0.1, 0.15) is 39.5 Å². The summed E-state index contributed by atoms with van der Waals surface area (Å²) in [6, 6.07) is 0.586. The Balaban J connectivity index is 1.25. The van der Waals surface area contributed by atoms with Crippen molar-refractivity contribution in [2.75, 3.05) is 26.2 Å². The van der Waals surface area contributed by atoms with Crippen LogP contribution in [0.5, 0.6) is 0 Å². The van der Waals surface area contributed by atoms with E-state index in [-0.39, 0.29) is 17.5 Å². The molecule has 2 aliphatic carbocycles. The number of carbonyl (C=O) groups excluding carboxylic acids is 1. The number of urea groups is 1. The first-order valence-corrected chi connectivity index (χ1v) is 8.95. The lowest BCUT2D eigenvalue weighted by Crippen LogP contribution is -2.68. The van der Waals surface area contributed by atoms with Crippen molar-refractivity contribution in [1.29, 1.82) is 0 Å². The molecule has 2 saturated heterocycles. The lowest BCUT2D eigenvalue weighted by Gasteiger charge is -2.54. The summed E-state index contributed by atoms with van der Waals surface area (Å²) in [6.07, 6.45) is 5.30. The van der Waals surface area contributed by atoms with Crippen LogP contribution in [0.2, 0.25) is 0 Å². The van der Waals surface area contributed by atoms with Crippen LogP contribution in [0.15, 0.2) is 0 Å². The Morgan fingerprint density at radius 3 is 2.82 bits per heavy atom. The Bertz CT molecular complexity index is 449. The zero-order valence-corrected chi connectivity index (χ0v) is 13.8. The molecule has 0 unspecified atom stereocenters. The highest BCUT2D eigenvalue weighted by molar-refractivity contribution is 5.75. The molecule has 124 valence electrons. The fourth-order valence-corrected chi connectivity index (χ4v) is 4.77. The van der Waals surface area contributed by atoms with Gasteiger partial charge in [0, 0.05) is 49.7 Å². The van der Waals surface area contributed by atoms with Gasteiger partial charge in [0.1, 0.15) is 0 Å². The van der Waals surface area contributed by atoms with Gasteiger partial charge in [-0.1, -0.05) is 13.8 Å². The molecule has 0 aromatic carbocycles. The largest absolute Gasteiger partial charge is 0.377 e. The molecule has 0 spiro atoms. The molecule has 2 saturated carbocycles. The number of fused-ring (bicyclic) bond motifs is 1. The number of amides is 2. The van der Waals surface area contributed by atoms with E-state index in [2.05, 4.69) is 29.4 Å². The minimum atomic E-state index is 0.0155. The molecule has 4 aliphatic rings. The van der Waals surface area contributed by atoms with Crippen molar-refractivity contribution in [2.45, 2.75) is 57.7 Å². The van der Waals surface area contributed by atoms with E-state index < -0.39 is 0 Å². The van der Waals surface area contributed by atoms with Crippen LogP contribution in [-0.4, -0.2) is 55.4 Å². The zero-order valence-electron chi connectivity index (χ0n) is 13.8. The van der Waals surface area contributed by atoms with Crippen molar-refractivity contribution in [3.63, 3.8) is 0 Å². The van der Waals surface area contributed by atoms with Crippen molar-refractivity contribution < 1.29 is 9.53 Å². The first kappa shape index (κ1) is 14.8. The van der Waals surface area contributed by atoms with Crippen LogP contribution in [0, 0.1) is 17.3 Å². The summed E-state index contributed by atoms with van der Waals surface area (Å²) in [6.45, 7) is 8.64. The second-order valence-electron chi connectivity index (χ2n) is 8.35. The third-order valence-electron chi connectivity index (χ3n) is 6.21. The van der Waals surface area contributed by atoms with Crippen molar-refractivity contribution in [2.24, 2.45) is 17.3 Å². The van der Waals surface area contributed by atoms with E-state index in [0.29, 0.717) is 18.1 Å². The lowest BCUT2D eigenvalue weighted by molar-refractivity contribution is -0.108. The van der Waals surface area contributed by atoms with Crippen LogP contribution in [-0.2, 0) is 4.74 Å². The van der Waals surface area contributed by atoms with Gasteiger partial charge in [-0.05, 0) is 31.6 Å². The van der Waals surface area contributed by atoms with Crippen molar-refractivity contribution >= 4 is 6.03 Å². The van der Waals surface area contributed by atoms with Crippen LogP contribution in [0.3, 0.4) is 0 Å². The molecular formula is C17H29N3O2. The van der Waals surface area contributed by atoms with Gasteiger partial charge < -0.3 is 20.3 Å². The minimum Gasteiger partial charge on any atom is -0.377 e. The number of ether oxygens (including phenoxy) is 1. The van der Waals surface area contributed by atoms with Crippen LogP contribution in [0.4, 0.5) is 4.79 Å². The van der Waals surface area contributed by atoms with Gasteiger partial charge in [0.15, 0.2) is 0 Å². The van der Waals surface area contributed by atoms with E-state index in [9.17, 15) is 4.79 Å². The van der Waals surface area contributed by atoms with Crippen LogP contribution < -0.4 is 10.6 Å². The average Bonchev–Trinajstić information content (AvgIpc) is 3.00. The molecule has 0 bridgehead atoms. The van der Waals surface area contributed by atoms with E-state index in [1.54, 1.807) is 0 Å². The summed E-state index contributed by atoms with van der Waals surface area (Å²) in [5, 5.41) is 6.41. The molecule has 2 aliphatic heterocycles. The molecule has 2 amide bonds. The molecule has 22 heavy (non-hydrogen) atoms. The summed E-state index contributed by atoms with van der Waals surface area (Å²) in [5.74, 6) is 1.44. The van der Waals surface area contributed by atoms with Gasteiger partial charge in [-0.15, -0.1) is 0 Å². The smallest absolute Gasteiger partial charge is 0.315 e. The van der Waals surface area contributed by atoms with Gasteiger partial charge >= 0.3 is 6.03 Å². The Morgan fingerprint density at radius 2 is 2.05 bits per heavy atom. The van der Waals surface area contributed by atoms with E-state index in [1.807, 2.05) is 0 Å². The number of hydrogen-bond acceptors (Lipinski definition) is 3. The number of rotatable bonds is 4. The third-order valence-corrected chi connectivity index (χ3v) is 6.21. The first-order valence-electron chi connectivity index (χ1n) is 8.95. The monoisotopic (exact) mass is 307 g/mol. The summed E-state index contributed by atoms with van der Waals surface area (Å²) in [5.41, 5.74) is 0.0617. The average molecular weight is 307 g/mol. The fraction of sp³-hybridized carbons (Fsp3) is 0.941. The van der Waals surface area contributed by atoms with E-state index in [1.165, 1.54) is 19.4 Å². The normalized spacial score (nSPS) is 40.1. The molecule has 0 aromatic rings. The highest BCUT2D eigenvalue weighted by atomic mass is 16.5. The quantitative estimate of drug-likeness (QED) is 0.829. The predicted octanol–water partition coefficient (Wildman–Crippen LogP) is 1.58. The Kier molecular flexibility index (Phi) is 3.61. The highest BCUT2D eigenvalue weighted by Crippen LogP contribution is 2.52. The van der Waals surface area contributed by atoms with Crippen LogP contribution >= 0.6 is 0 Å². The van der Waals surface area contributed by atoms with Gasteiger partial charge in [-0.3, -0.25) is 0 Å². The molecule has 5 heteroatoms. The number of nitrogens with one attached hydrogen (secondary N) is 2. The van der Waals surface area contributed by atoms with Gasteiger partial charge in [-0.2, -0.15) is 0 Å². The molecule has 2 heterocycles. The molecule has 2 N–H and O–H groups in total. The maximum absolute atomic E-state index is 12.3. The third kappa shape index (κ3) is 2.62. The zero-order chi connectivity index (χ0) is 15.3. The van der Waals surface area contributed by atoms with Gasteiger partial charge in [-0.25, -0.2) is 4.79 Å². The molecule has 5 nitrogen and oxygen atoms in total. The predicted molar refractivity (Wildman–Crippen MR) is 84.7 cm³/mol. The van der Waals surface area contributed by atoms with Crippen molar-refractivity contribution in [3.8, 4) is 0 Å². The lowest BCUT2D eigenvalue weighted by atomic mass is 9.57. The van der Waals surface area contributed by atoms with E-state index >= 15 is 0 Å². The van der Waals surface area contributed by atoms with Crippen LogP contribution in [0.25, 0.3) is 0 Å². The number of nitrogens with zero attached hydrogens (tertiary/aromatic N) is 1. The van der Waals surface area contributed by atoms with Gasteiger partial charge in [0.25, 0.3) is 0 Å². The molecular weight excluding hydrogens is 278 g/mol. The second kappa shape index (κ2) is 5.38. The maximum Gasteiger partial charge on any atom is 0.315 e. The van der Waals surface area contributed by atoms with E-state index in [0.717, 1.165) is 38.5 Å². The maximum atomic E-state index is 12.3. The fourth-order valence-electron chi connectivity index (χ4n) is 4.77. The van der Waals surface area contributed by atoms with E-state index in [4.69, 9.17) is 4.74 Å². The second-order valence-corrected chi connectivity index (χ2v) is 8.35. The summed E-state index contributed by atoms with van der Waals surface area (Å²) < 4.78 is 5.79. The number of hydrogen-bond donors (Lipinski definition) is 2. The van der Waals surface area contributed by atoms with Gasteiger partial charge in [0.05, 0.1) is 6.10 Å². The van der Waals surface area contributed by atoms with Crippen molar-refractivity contribution in [3.05, 3.63) is 0 Å². The minimum absolute atomic E-state index is 0.0155. The standard InChI is InChI=1S/C17H29N3O2/c1-17(2)14(13-6-8-22-15(13)17)19-16(21)18-12-5-7-20(10-12)9-11-3-4-11/h11-15H,3-10H2,1-2H3,(H2,18,19,21)/t12-,13+,14-,15+/m1/s1. The molecule has 4 rings (SSSR count). The molecule has 4 fully saturated rings. The van der Waals surface area contributed by atoms with Crippen molar-refractivity contribution in [1.82, 2.24) is 15.5 Å². The summed E-state index contributed by atoms with van der Waals surface area (Å²) >= 11 is 0. The molecule has 4 atom stereocenters. The Hall–Kier alpha value is -0.810. The number of carbonyl (C=O) groups is 1. The number of likely N-dealkylation sites (tertiary alicyclic amines) is 1. The summed E-state index contributed by atoms with van der Waals surface area (Å²) in [7, 11) is 0. The Labute approximate surface area is 133 Å². The first-order chi connectivity index (χ1) is 10.5. The highest BCUT2D eigenvalue weighted by Gasteiger charge is 2.59. The summed E-state index contributed by atoms with van der Waals surface area (Å²) in [4.78, 5) is 14.8. The topological polar surface area (TPSA) is 53.6 Å². The molecule has 0 aromatic heterocycles. The Morgan fingerprint density at radius 1 is 1.23 bits per heavy atom.